The molecule has 3 heteroatoms. The summed E-state index contributed by atoms with van der Waals surface area (Å²) >= 11 is 0. The molecule has 0 saturated carbocycles. The van der Waals surface area contributed by atoms with E-state index in [-0.39, 0.29) is 6.04 Å². The first-order chi connectivity index (χ1) is 3.80. The van der Waals surface area contributed by atoms with E-state index in [2.05, 4.69) is 9.68 Å². The molecule has 0 saturated heterocycles. The van der Waals surface area contributed by atoms with Crippen molar-refractivity contribution in [1.82, 2.24) is 5.16 Å². The quantitative estimate of drug-likeness (QED) is 0.581. The van der Waals surface area contributed by atoms with Gasteiger partial charge in [0.15, 0.2) is 0 Å². The summed E-state index contributed by atoms with van der Waals surface area (Å²) in [5.74, 6) is 0. The SMILES string of the molecule is C[C@H](N)c1ccon1. The van der Waals surface area contributed by atoms with Crippen molar-refractivity contribution in [1.29, 1.82) is 0 Å². The fourth-order valence-electron chi connectivity index (χ4n) is 0.457. The zero-order chi connectivity index (χ0) is 5.98. The van der Waals surface area contributed by atoms with Gasteiger partial charge in [-0.3, -0.25) is 0 Å². The van der Waals surface area contributed by atoms with Crippen molar-refractivity contribution in [2.75, 3.05) is 0 Å². The highest BCUT2D eigenvalue weighted by Crippen LogP contribution is 2.03. The lowest BCUT2D eigenvalue weighted by Gasteiger charge is -1.93. The van der Waals surface area contributed by atoms with Crippen LogP contribution < -0.4 is 5.73 Å². The highest BCUT2D eigenvalue weighted by atomic mass is 16.5. The van der Waals surface area contributed by atoms with E-state index in [4.69, 9.17) is 5.73 Å². The summed E-state index contributed by atoms with van der Waals surface area (Å²) in [4.78, 5) is 0. The van der Waals surface area contributed by atoms with Gasteiger partial charge in [0, 0.05) is 12.1 Å². The van der Waals surface area contributed by atoms with E-state index in [0.717, 1.165) is 5.69 Å². The van der Waals surface area contributed by atoms with Gasteiger partial charge in [-0.1, -0.05) is 5.16 Å². The number of hydrogen-bond acceptors (Lipinski definition) is 3. The van der Waals surface area contributed by atoms with Gasteiger partial charge < -0.3 is 10.3 Å². The minimum absolute atomic E-state index is 0.0197. The molecular weight excluding hydrogens is 104 g/mol. The van der Waals surface area contributed by atoms with Crippen molar-refractivity contribution >= 4 is 0 Å². The van der Waals surface area contributed by atoms with Crippen LogP contribution in [0.5, 0.6) is 0 Å². The fourth-order valence-corrected chi connectivity index (χ4v) is 0.457. The number of nitrogens with zero attached hydrogens (tertiary/aromatic N) is 1. The normalized spacial score (nSPS) is 13.8. The Bertz CT molecular complexity index is 145. The topological polar surface area (TPSA) is 52.0 Å². The van der Waals surface area contributed by atoms with E-state index < -0.39 is 0 Å². The Morgan fingerprint density at radius 1 is 1.88 bits per heavy atom. The zero-order valence-corrected chi connectivity index (χ0v) is 4.66. The van der Waals surface area contributed by atoms with Crippen molar-refractivity contribution in [3.05, 3.63) is 18.0 Å². The molecule has 0 amide bonds. The van der Waals surface area contributed by atoms with Gasteiger partial charge in [0.2, 0.25) is 0 Å². The first-order valence-corrected chi connectivity index (χ1v) is 2.46. The van der Waals surface area contributed by atoms with Gasteiger partial charge in [-0.15, -0.1) is 0 Å². The molecule has 0 bridgehead atoms. The highest BCUT2D eigenvalue weighted by Gasteiger charge is 1.99. The second-order valence-corrected chi connectivity index (χ2v) is 1.71. The Balaban J connectivity index is 2.77. The van der Waals surface area contributed by atoms with Crippen LogP contribution in [0.4, 0.5) is 0 Å². The Hall–Kier alpha value is -0.830. The Morgan fingerprint density at radius 3 is 2.88 bits per heavy atom. The number of aromatic nitrogens is 1. The van der Waals surface area contributed by atoms with E-state index in [1.807, 2.05) is 6.92 Å². The maximum absolute atomic E-state index is 5.44. The third kappa shape index (κ3) is 0.869. The predicted octanol–water partition coefficient (Wildman–Crippen LogP) is 0.694. The minimum atomic E-state index is -0.0197. The summed E-state index contributed by atoms with van der Waals surface area (Å²) in [6.45, 7) is 1.86. The molecule has 0 aliphatic rings. The molecule has 0 spiro atoms. The molecule has 1 aromatic heterocycles. The molecule has 3 nitrogen and oxygen atoms in total. The van der Waals surface area contributed by atoms with Crippen LogP contribution in [-0.4, -0.2) is 5.16 Å². The molecule has 0 unspecified atom stereocenters. The van der Waals surface area contributed by atoms with Gasteiger partial charge in [0.05, 0.1) is 5.69 Å². The van der Waals surface area contributed by atoms with Gasteiger partial charge in [0.25, 0.3) is 0 Å². The molecule has 1 atom stereocenters. The monoisotopic (exact) mass is 112 g/mol. The van der Waals surface area contributed by atoms with Crippen molar-refractivity contribution in [2.45, 2.75) is 13.0 Å². The van der Waals surface area contributed by atoms with Crippen LogP contribution in [0.25, 0.3) is 0 Å². The van der Waals surface area contributed by atoms with Crippen LogP contribution in [0.15, 0.2) is 16.9 Å². The minimum Gasteiger partial charge on any atom is -0.364 e. The fraction of sp³-hybridized carbons (Fsp3) is 0.400. The predicted molar refractivity (Wildman–Crippen MR) is 29.1 cm³/mol. The summed E-state index contributed by atoms with van der Waals surface area (Å²) < 4.78 is 4.55. The summed E-state index contributed by atoms with van der Waals surface area (Å²) in [7, 11) is 0. The molecule has 44 valence electrons. The standard InChI is InChI=1S/C5H8N2O/c1-4(6)5-2-3-8-7-5/h2-4H,6H2,1H3/t4-/m0/s1. The molecule has 2 N–H and O–H groups in total. The lowest BCUT2D eigenvalue weighted by molar-refractivity contribution is 0.407. The molecule has 0 radical (unpaired) electrons. The number of nitrogens with two attached hydrogens (primary N) is 1. The van der Waals surface area contributed by atoms with Crippen LogP contribution in [-0.2, 0) is 0 Å². The highest BCUT2D eigenvalue weighted by molar-refractivity contribution is 4.99. The molecule has 0 aliphatic carbocycles. The van der Waals surface area contributed by atoms with Crippen LogP contribution >= 0.6 is 0 Å². The van der Waals surface area contributed by atoms with Gasteiger partial charge >= 0.3 is 0 Å². The van der Waals surface area contributed by atoms with E-state index in [0.29, 0.717) is 0 Å². The lowest BCUT2D eigenvalue weighted by Crippen LogP contribution is -2.04. The molecule has 1 aromatic rings. The summed E-state index contributed by atoms with van der Waals surface area (Å²) in [5, 5.41) is 3.62. The average molecular weight is 112 g/mol. The van der Waals surface area contributed by atoms with Gasteiger partial charge in [-0.2, -0.15) is 0 Å². The largest absolute Gasteiger partial charge is 0.364 e. The summed E-state index contributed by atoms with van der Waals surface area (Å²) in [6, 6.07) is 1.73. The van der Waals surface area contributed by atoms with E-state index in [1.165, 1.54) is 6.26 Å². The van der Waals surface area contributed by atoms with Crippen molar-refractivity contribution in [3.63, 3.8) is 0 Å². The Morgan fingerprint density at radius 2 is 2.62 bits per heavy atom. The van der Waals surface area contributed by atoms with Crippen LogP contribution in [0.1, 0.15) is 18.7 Å². The van der Waals surface area contributed by atoms with E-state index in [1.54, 1.807) is 6.07 Å². The molecule has 1 rings (SSSR count). The smallest absolute Gasteiger partial charge is 0.124 e. The van der Waals surface area contributed by atoms with E-state index in [9.17, 15) is 0 Å². The third-order valence-corrected chi connectivity index (χ3v) is 0.924. The van der Waals surface area contributed by atoms with Crippen LogP contribution in [0, 0.1) is 0 Å². The zero-order valence-electron chi connectivity index (χ0n) is 4.66. The van der Waals surface area contributed by atoms with Gasteiger partial charge in [-0.25, -0.2) is 0 Å². The Labute approximate surface area is 47.5 Å². The number of rotatable bonds is 1. The van der Waals surface area contributed by atoms with Gasteiger partial charge in [0.1, 0.15) is 6.26 Å². The molecule has 0 aliphatic heterocycles. The third-order valence-electron chi connectivity index (χ3n) is 0.924. The number of hydrogen-bond donors (Lipinski definition) is 1. The molecule has 0 fully saturated rings. The average Bonchev–Trinajstić information content (AvgIpc) is 2.12. The van der Waals surface area contributed by atoms with Crippen molar-refractivity contribution < 1.29 is 4.52 Å². The second-order valence-electron chi connectivity index (χ2n) is 1.71. The maximum atomic E-state index is 5.44. The second kappa shape index (κ2) is 1.96. The van der Waals surface area contributed by atoms with Gasteiger partial charge in [-0.05, 0) is 6.92 Å². The summed E-state index contributed by atoms with van der Waals surface area (Å²) in [5.41, 5.74) is 6.23. The summed E-state index contributed by atoms with van der Waals surface area (Å²) in [6.07, 6.45) is 1.51. The lowest BCUT2D eigenvalue weighted by atomic mass is 10.3. The molecule has 8 heavy (non-hydrogen) atoms. The van der Waals surface area contributed by atoms with Crippen LogP contribution in [0.2, 0.25) is 0 Å². The van der Waals surface area contributed by atoms with Crippen LogP contribution in [0.3, 0.4) is 0 Å². The van der Waals surface area contributed by atoms with Crippen molar-refractivity contribution in [3.8, 4) is 0 Å². The first-order valence-electron chi connectivity index (χ1n) is 2.46. The molecule has 0 aromatic carbocycles. The molecule has 1 heterocycles. The Kier molecular flexibility index (Phi) is 1.30. The van der Waals surface area contributed by atoms with Crippen molar-refractivity contribution in [2.24, 2.45) is 5.73 Å². The maximum Gasteiger partial charge on any atom is 0.124 e. The first kappa shape index (κ1) is 5.31. The van der Waals surface area contributed by atoms with E-state index >= 15 is 0 Å². The molecular formula is C5H8N2O.